The summed E-state index contributed by atoms with van der Waals surface area (Å²) in [7, 11) is 1.82. The van der Waals surface area contributed by atoms with E-state index >= 15 is 0 Å². The number of nitrogens with zero attached hydrogens (tertiary/aromatic N) is 2. The van der Waals surface area contributed by atoms with Crippen molar-refractivity contribution < 1.29 is 14.2 Å². The van der Waals surface area contributed by atoms with Crippen LogP contribution in [-0.4, -0.2) is 69.6 Å². The Morgan fingerprint density at radius 2 is 2.20 bits per heavy atom. The number of hydrogen-bond acceptors (Lipinski definition) is 4. The van der Waals surface area contributed by atoms with Crippen LogP contribution in [0.3, 0.4) is 0 Å². The van der Waals surface area contributed by atoms with Crippen molar-refractivity contribution in [3.63, 3.8) is 0 Å². The Bertz CT molecular complexity index is 573. The van der Waals surface area contributed by atoms with E-state index in [0.717, 1.165) is 44.2 Å². The molecule has 0 spiro atoms. The van der Waals surface area contributed by atoms with Crippen molar-refractivity contribution in [3.8, 4) is 5.75 Å². The second kappa shape index (κ2) is 9.06. The summed E-state index contributed by atoms with van der Waals surface area (Å²) >= 11 is 0. The fraction of sp³-hybridized carbons (Fsp3) is 0.632. The minimum Gasteiger partial charge on any atom is -0.492 e. The molecule has 0 bridgehead atoms. The lowest BCUT2D eigenvalue weighted by molar-refractivity contribution is -0.0817. The molecule has 0 aliphatic carbocycles. The molecule has 2 saturated heterocycles. The van der Waals surface area contributed by atoms with Gasteiger partial charge in [-0.25, -0.2) is 0 Å². The second-order valence-corrected chi connectivity index (χ2v) is 6.55. The molecular weight excluding hydrogens is 318 g/mol. The molecular formula is C19H29N3O3. The van der Waals surface area contributed by atoms with E-state index in [1.165, 1.54) is 5.56 Å². The van der Waals surface area contributed by atoms with Crippen LogP contribution in [0, 0.1) is 6.92 Å². The first kappa shape index (κ1) is 18.0. The zero-order valence-corrected chi connectivity index (χ0v) is 15.2. The van der Waals surface area contributed by atoms with Gasteiger partial charge in [-0.15, -0.1) is 0 Å². The van der Waals surface area contributed by atoms with Gasteiger partial charge in [-0.05, 0) is 37.5 Å². The standard InChI is InChI=1S/C19H29N3O3/c1-15-5-3-6-16(13-15)23-11-8-21-19(20-2)22-9-12-25-18(14-22)17-7-4-10-24-17/h3,5-6,13,17-18H,4,7-12,14H2,1-2H3,(H,20,21). The van der Waals surface area contributed by atoms with Gasteiger partial charge in [-0.3, -0.25) is 4.99 Å². The van der Waals surface area contributed by atoms with Crippen molar-refractivity contribution >= 4 is 5.96 Å². The van der Waals surface area contributed by atoms with E-state index in [1.54, 1.807) is 0 Å². The van der Waals surface area contributed by atoms with Crippen LogP contribution in [0.5, 0.6) is 5.75 Å². The molecule has 0 amide bonds. The summed E-state index contributed by atoms with van der Waals surface area (Å²) in [4.78, 5) is 6.66. The number of morpholine rings is 1. The molecule has 25 heavy (non-hydrogen) atoms. The Balaban J connectivity index is 1.44. The van der Waals surface area contributed by atoms with Gasteiger partial charge in [0.1, 0.15) is 18.5 Å². The summed E-state index contributed by atoms with van der Waals surface area (Å²) in [6.45, 7) is 6.62. The SMILES string of the molecule is CN=C(NCCOc1cccc(C)c1)N1CCOC(C2CCCO2)C1. The van der Waals surface area contributed by atoms with Crippen LogP contribution >= 0.6 is 0 Å². The van der Waals surface area contributed by atoms with E-state index < -0.39 is 0 Å². The molecule has 0 saturated carbocycles. The van der Waals surface area contributed by atoms with Gasteiger partial charge >= 0.3 is 0 Å². The minimum atomic E-state index is 0.137. The third kappa shape index (κ3) is 5.09. The van der Waals surface area contributed by atoms with E-state index in [0.29, 0.717) is 19.8 Å². The molecule has 0 aromatic heterocycles. The normalized spacial score (nSPS) is 24.4. The summed E-state index contributed by atoms with van der Waals surface area (Å²) in [5.74, 6) is 1.81. The average molecular weight is 347 g/mol. The zero-order valence-electron chi connectivity index (χ0n) is 15.2. The van der Waals surface area contributed by atoms with Crippen molar-refractivity contribution in [1.29, 1.82) is 0 Å². The summed E-state index contributed by atoms with van der Waals surface area (Å²) in [5.41, 5.74) is 1.20. The molecule has 1 aromatic carbocycles. The van der Waals surface area contributed by atoms with Crippen molar-refractivity contribution in [2.75, 3.05) is 46.5 Å². The minimum absolute atomic E-state index is 0.137. The Hall–Kier alpha value is -1.79. The maximum atomic E-state index is 5.91. The molecule has 2 aliphatic heterocycles. The molecule has 1 aromatic rings. The summed E-state index contributed by atoms with van der Waals surface area (Å²) in [5, 5.41) is 3.39. The van der Waals surface area contributed by atoms with Crippen LogP contribution in [0.1, 0.15) is 18.4 Å². The Morgan fingerprint density at radius 1 is 1.32 bits per heavy atom. The molecule has 2 fully saturated rings. The van der Waals surface area contributed by atoms with E-state index in [-0.39, 0.29) is 12.2 Å². The number of benzene rings is 1. The van der Waals surface area contributed by atoms with Crippen LogP contribution in [0.4, 0.5) is 0 Å². The lowest BCUT2D eigenvalue weighted by Crippen LogP contribution is -2.53. The van der Waals surface area contributed by atoms with E-state index in [1.807, 2.05) is 25.2 Å². The van der Waals surface area contributed by atoms with Crippen molar-refractivity contribution in [2.24, 2.45) is 4.99 Å². The highest BCUT2D eigenvalue weighted by atomic mass is 16.5. The monoisotopic (exact) mass is 347 g/mol. The number of aryl methyl sites for hydroxylation is 1. The summed E-state index contributed by atoms with van der Waals surface area (Å²) in [6, 6.07) is 8.10. The highest BCUT2D eigenvalue weighted by Crippen LogP contribution is 2.21. The molecule has 0 radical (unpaired) electrons. The Morgan fingerprint density at radius 3 is 2.96 bits per heavy atom. The third-order valence-corrected chi connectivity index (χ3v) is 4.63. The average Bonchev–Trinajstić information content (AvgIpc) is 3.17. The van der Waals surface area contributed by atoms with Crippen molar-refractivity contribution in [2.45, 2.75) is 32.0 Å². The quantitative estimate of drug-likeness (QED) is 0.500. The first-order valence-corrected chi connectivity index (χ1v) is 9.14. The number of guanidine groups is 1. The van der Waals surface area contributed by atoms with Gasteiger partial charge in [0, 0.05) is 26.7 Å². The first-order chi connectivity index (χ1) is 12.3. The van der Waals surface area contributed by atoms with E-state index in [2.05, 4.69) is 28.2 Å². The number of hydrogen-bond donors (Lipinski definition) is 1. The molecule has 2 unspecified atom stereocenters. The maximum absolute atomic E-state index is 5.91. The largest absolute Gasteiger partial charge is 0.492 e. The second-order valence-electron chi connectivity index (χ2n) is 6.55. The summed E-state index contributed by atoms with van der Waals surface area (Å²) in [6.07, 6.45) is 2.59. The van der Waals surface area contributed by atoms with Gasteiger partial charge in [-0.2, -0.15) is 0 Å². The molecule has 1 N–H and O–H groups in total. The van der Waals surface area contributed by atoms with Gasteiger partial charge in [0.25, 0.3) is 0 Å². The first-order valence-electron chi connectivity index (χ1n) is 9.14. The third-order valence-electron chi connectivity index (χ3n) is 4.63. The van der Waals surface area contributed by atoms with Crippen LogP contribution in [-0.2, 0) is 9.47 Å². The Labute approximate surface area is 150 Å². The van der Waals surface area contributed by atoms with Gasteiger partial charge in [-0.1, -0.05) is 12.1 Å². The molecule has 138 valence electrons. The van der Waals surface area contributed by atoms with Crippen LogP contribution < -0.4 is 10.1 Å². The number of rotatable bonds is 5. The zero-order chi connectivity index (χ0) is 17.5. The van der Waals surface area contributed by atoms with Crippen LogP contribution in [0.15, 0.2) is 29.3 Å². The summed E-state index contributed by atoms with van der Waals surface area (Å²) < 4.78 is 17.5. The highest BCUT2D eigenvalue weighted by molar-refractivity contribution is 5.80. The smallest absolute Gasteiger partial charge is 0.193 e. The molecule has 2 aliphatic rings. The number of nitrogens with one attached hydrogen (secondary N) is 1. The van der Waals surface area contributed by atoms with Crippen LogP contribution in [0.25, 0.3) is 0 Å². The molecule has 6 nitrogen and oxygen atoms in total. The molecule has 2 atom stereocenters. The van der Waals surface area contributed by atoms with Gasteiger partial charge < -0.3 is 24.4 Å². The van der Waals surface area contributed by atoms with Crippen molar-refractivity contribution in [1.82, 2.24) is 10.2 Å². The molecule has 2 heterocycles. The lowest BCUT2D eigenvalue weighted by atomic mass is 10.1. The molecule has 3 rings (SSSR count). The Kier molecular flexibility index (Phi) is 6.53. The van der Waals surface area contributed by atoms with E-state index in [4.69, 9.17) is 14.2 Å². The van der Waals surface area contributed by atoms with Gasteiger partial charge in [0.2, 0.25) is 0 Å². The number of aliphatic imine (C=N–C) groups is 1. The fourth-order valence-corrected chi connectivity index (χ4v) is 3.36. The van der Waals surface area contributed by atoms with Gasteiger partial charge in [0.15, 0.2) is 5.96 Å². The highest BCUT2D eigenvalue weighted by Gasteiger charge is 2.32. The van der Waals surface area contributed by atoms with Crippen LogP contribution in [0.2, 0.25) is 0 Å². The van der Waals surface area contributed by atoms with Crippen molar-refractivity contribution in [3.05, 3.63) is 29.8 Å². The maximum Gasteiger partial charge on any atom is 0.193 e. The topological polar surface area (TPSA) is 55.3 Å². The molecule has 6 heteroatoms. The predicted octanol–water partition coefficient (Wildman–Crippen LogP) is 1.83. The van der Waals surface area contributed by atoms with Gasteiger partial charge in [0.05, 0.1) is 19.3 Å². The lowest BCUT2D eigenvalue weighted by Gasteiger charge is -2.37. The fourth-order valence-electron chi connectivity index (χ4n) is 3.36. The number of ether oxygens (including phenoxy) is 3. The van der Waals surface area contributed by atoms with E-state index in [9.17, 15) is 0 Å². The predicted molar refractivity (Wildman–Crippen MR) is 98.3 cm³/mol.